The van der Waals surface area contributed by atoms with Crippen LogP contribution in [-0.2, 0) is 11.3 Å². The first kappa shape index (κ1) is 14.0. The third-order valence-corrected chi connectivity index (χ3v) is 3.99. The van der Waals surface area contributed by atoms with Crippen LogP contribution in [0.3, 0.4) is 0 Å². The predicted octanol–water partition coefficient (Wildman–Crippen LogP) is 0.425. The van der Waals surface area contributed by atoms with Gasteiger partial charge in [-0.2, -0.15) is 0 Å². The first-order chi connectivity index (χ1) is 10.2. The molecule has 2 aromatic rings. The quantitative estimate of drug-likeness (QED) is 0.859. The zero-order valence-corrected chi connectivity index (χ0v) is 12.5. The van der Waals surface area contributed by atoms with Gasteiger partial charge in [0.2, 0.25) is 5.91 Å². The van der Waals surface area contributed by atoms with Crippen molar-refractivity contribution in [1.82, 2.24) is 25.1 Å². The summed E-state index contributed by atoms with van der Waals surface area (Å²) < 4.78 is 0. The van der Waals surface area contributed by atoms with E-state index in [1.54, 1.807) is 11.1 Å². The van der Waals surface area contributed by atoms with Crippen LogP contribution < -0.4 is 5.32 Å². The van der Waals surface area contributed by atoms with Crippen molar-refractivity contribution in [2.45, 2.75) is 12.6 Å². The molecule has 0 bridgehead atoms. The molecule has 0 aliphatic carbocycles. The van der Waals surface area contributed by atoms with Crippen molar-refractivity contribution >= 4 is 16.9 Å². The van der Waals surface area contributed by atoms with Gasteiger partial charge < -0.3 is 15.2 Å². The fraction of sp³-hybridized carbons (Fsp3) is 0.467. The van der Waals surface area contributed by atoms with Crippen molar-refractivity contribution in [3.63, 3.8) is 0 Å². The molecule has 112 valence electrons. The lowest BCUT2D eigenvalue weighted by Gasteiger charge is -2.36. The van der Waals surface area contributed by atoms with Crippen molar-refractivity contribution in [1.29, 1.82) is 0 Å². The van der Waals surface area contributed by atoms with Crippen LogP contribution in [0.25, 0.3) is 11.0 Å². The molecule has 21 heavy (non-hydrogen) atoms. The van der Waals surface area contributed by atoms with Crippen molar-refractivity contribution in [3.05, 3.63) is 30.1 Å². The number of likely N-dealkylation sites (N-methyl/N-ethyl adjacent to an activating group) is 1. The number of carbonyl (C=O) groups excluding carboxylic acids is 1. The van der Waals surface area contributed by atoms with Crippen LogP contribution in [0.4, 0.5) is 0 Å². The Bertz CT molecular complexity index is 636. The van der Waals surface area contributed by atoms with E-state index in [1.165, 1.54) is 5.56 Å². The maximum absolute atomic E-state index is 12.3. The molecular formula is C15H21N5O. The summed E-state index contributed by atoms with van der Waals surface area (Å²) in [6, 6.07) is 3.91. The number of piperazine rings is 1. The maximum atomic E-state index is 12.3. The first-order valence-corrected chi connectivity index (χ1v) is 7.23. The summed E-state index contributed by atoms with van der Waals surface area (Å²) in [4.78, 5) is 23.7. The third-order valence-electron chi connectivity index (χ3n) is 3.99. The van der Waals surface area contributed by atoms with Gasteiger partial charge in [-0.25, -0.2) is 4.98 Å². The zero-order valence-electron chi connectivity index (χ0n) is 12.5. The SMILES string of the molecule is CN(C)C(=O)C1CNCCN1Cc1c[nH]c2ncccc12. The highest BCUT2D eigenvalue weighted by Crippen LogP contribution is 2.19. The van der Waals surface area contributed by atoms with E-state index in [0.29, 0.717) is 6.54 Å². The standard InChI is InChI=1S/C15H21N5O/c1-19(2)15(21)13-9-16-6-7-20(13)10-11-8-18-14-12(11)4-3-5-17-14/h3-5,8,13,16H,6-7,9-10H2,1-2H3,(H,17,18). The molecule has 1 aliphatic rings. The monoisotopic (exact) mass is 287 g/mol. The Labute approximate surface area is 124 Å². The molecule has 3 heterocycles. The highest BCUT2D eigenvalue weighted by Gasteiger charge is 2.30. The van der Waals surface area contributed by atoms with Gasteiger partial charge >= 0.3 is 0 Å². The van der Waals surface area contributed by atoms with Crippen LogP contribution in [-0.4, -0.2) is 65.4 Å². The Balaban J connectivity index is 1.83. The van der Waals surface area contributed by atoms with Gasteiger partial charge in [0.1, 0.15) is 11.7 Å². The molecule has 0 aromatic carbocycles. The molecule has 2 aromatic heterocycles. The Morgan fingerprint density at radius 2 is 2.38 bits per heavy atom. The molecular weight excluding hydrogens is 266 g/mol. The number of H-pyrrole nitrogens is 1. The fourth-order valence-corrected chi connectivity index (χ4v) is 2.84. The molecule has 6 nitrogen and oxygen atoms in total. The smallest absolute Gasteiger partial charge is 0.240 e. The highest BCUT2D eigenvalue weighted by atomic mass is 16.2. The number of aromatic nitrogens is 2. The number of pyridine rings is 1. The number of nitrogens with zero attached hydrogens (tertiary/aromatic N) is 3. The number of nitrogens with one attached hydrogen (secondary N) is 2. The second kappa shape index (κ2) is 5.83. The Hall–Kier alpha value is -1.92. The lowest BCUT2D eigenvalue weighted by molar-refractivity contribution is -0.135. The molecule has 0 spiro atoms. The molecule has 2 N–H and O–H groups in total. The molecule has 6 heteroatoms. The Morgan fingerprint density at radius 3 is 3.19 bits per heavy atom. The van der Waals surface area contributed by atoms with Gasteiger partial charge in [0.25, 0.3) is 0 Å². The summed E-state index contributed by atoms with van der Waals surface area (Å²) in [6.45, 7) is 3.25. The van der Waals surface area contributed by atoms with Gasteiger partial charge in [0.15, 0.2) is 0 Å². The maximum Gasteiger partial charge on any atom is 0.240 e. The van der Waals surface area contributed by atoms with Gasteiger partial charge in [0, 0.05) is 58.1 Å². The van der Waals surface area contributed by atoms with E-state index >= 15 is 0 Å². The van der Waals surface area contributed by atoms with E-state index in [9.17, 15) is 4.79 Å². The fourth-order valence-electron chi connectivity index (χ4n) is 2.84. The van der Waals surface area contributed by atoms with Gasteiger partial charge in [-0.3, -0.25) is 9.69 Å². The van der Waals surface area contributed by atoms with Crippen LogP contribution >= 0.6 is 0 Å². The van der Waals surface area contributed by atoms with Crippen molar-refractivity contribution in [3.8, 4) is 0 Å². The second-order valence-electron chi connectivity index (χ2n) is 5.64. The summed E-state index contributed by atoms with van der Waals surface area (Å²) in [5.74, 6) is 0.153. The van der Waals surface area contributed by atoms with Crippen molar-refractivity contribution in [2.24, 2.45) is 0 Å². The summed E-state index contributed by atoms with van der Waals surface area (Å²) in [5.41, 5.74) is 2.09. The van der Waals surface area contributed by atoms with Crippen molar-refractivity contribution in [2.75, 3.05) is 33.7 Å². The largest absolute Gasteiger partial charge is 0.347 e. The van der Waals surface area contributed by atoms with Crippen LogP contribution in [0.1, 0.15) is 5.56 Å². The lowest BCUT2D eigenvalue weighted by Crippen LogP contribution is -2.57. The minimum Gasteiger partial charge on any atom is -0.347 e. The molecule has 0 radical (unpaired) electrons. The van der Waals surface area contributed by atoms with E-state index in [1.807, 2.05) is 26.4 Å². The number of fused-ring (bicyclic) bond motifs is 1. The molecule has 1 atom stereocenters. The Morgan fingerprint density at radius 1 is 1.52 bits per heavy atom. The van der Waals surface area contributed by atoms with Gasteiger partial charge in [-0.15, -0.1) is 0 Å². The minimum atomic E-state index is -0.102. The average molecular weight is 287 g/mol. The minimum absolute atomic E-state index is 0.102. The second-order valence-corrected chi connectivity index (χ2v) is 5.64. The molecule has 0 saturated carbocycles. The number of rotatable bonds is 3. The number of hydrogen-bond donors (Lipinski definition) is 2. The van der Waals surface area contributed by atoms with Crippen molar-refractivity contribution < 1.29 is 4.79 Å². The molecule has 1 unspecified atom stereocenters. The average Bonchev–Trinajstić information content (AvgIpc) is 2.90. The van der Waals surface area contributed by atoms with Gasteiger partial charge in [0.05, 0.1) is 0 Å². The van der Waals surface area contributed by atoms with E-state index in [0.717, 1.165) is 30.7 Å². The molecule has 1 aliphatic heterocycles. The van der Waals surface area contributed by atoms with Crippen LogP contribution in [0.15, 0.2) is 24.5 Å². The molecule has 1 fully saturated rings. The number of aromatic amines is 1. The van der Waals surface area contributed by atoms with Gasteiger partial charge in [-0.05, 0) is 17.7 Å². The van der Waals surface area contributed by atoms with E-state index < -0.39 is 0 Å². The van der Waals surface area contributed by atoms with E-state index in [4.69, 9.17) is 0 Å². The molecule has 1 amide bonds. The number of amides is 1. The summed E-state index contributed by atoms with van der Waals surface area (Å²) in [5, 5.41) is 4.44. The normalized spacial score (nSPS) is 19.8. The number of carbonyl (C=O) groups is 1. The Kier molecular flexibility index (Phi) is 3.90. The van der Waals surface area contributed by atoms with E-state index in [-0.39, 0.29) is 11.9 Å². The third kappa shape index (κ3) is 2.77. The summed E-state index contributed by atoms with van der Waals surface area (Å²) >= 11 is 0. The van der Waals surface area contributed by atoms with Gasteiger partial charge in [-0.1, -0.05) is 0 Å². The zero-order chi connectivity index (χ0) is 14.8. The molecule has 1 saturated heterocycles. The van der Waals surface area contributed by atoms with Crippen LogP contribution in [0.5, 0.6) is 0 Å². The number of hydrogen-bond acceptors (Lipinski definition) is 4. The summed E-state index contributed by atoms with van der Waals surface area (Å²) in [7, 11) is 3.62. The highest BCUT2D eigenvalue weighted by molar-refractivity contribution is 5.82. The summed E-state index contributed by atoms with van der Waals surface area (Å²) in [6.07, 6.45) is 3.78. The predicted molar refractivity (Wildman–Crippen MR) is 81.9 cm³/mol. The van der Waals surface area contributed by atoms with E-state index in [2.05, 4.69) is 26.3 Å². The molecule has 3 rings (SSSR count). The first-order valence-electron chi connectivity index (χ1n) is 7.23. The topological polar surface area (TPSA) is 64.3 Å². The van der Waals surface area contributed by atoms with Crippen LogP contribution in [0, 0.1) is 0 Å². The van der Waals surface area contributed by atoms with Crippen LogP contribution in [0.2, 0.25) is 0 Å². The lowest BCUT2D eigenvalue weighted by atomic mass is 10.1.